The van der Waals surface area contributed by atoms with E-state index in [9.17, 15) is 4.79 Å². The van der Waals surface area contributed by atoms with Gasteiger partial charge in [0, 0.05) is 12.4 Å². The molecule has 0 aliphatic rings. The average Bonchev–Trinajstić information content (AvgIpc) is 2.46. The van der Waals surface area contributed by atoms with Crippen LogP contribution < -0.4 is 10.1 Å². The van der Waals surface area contributed by atoms with E-state index in [-0.39, 0.29) is 18.2 Å². The van der Waals surface area contributed by atoms with Gasteiger partial charge >= 0.3 is 5.97 Å². The van der Waals surface area contributed by atoms with Gasteiger partial charge in [0.2, 0.25) is 5.88 Å². The summed E-state index contributed by atoms with van der Waals surface area (Å²) in [6.07, 6.45) is 4.23. The maximum absolute atomic E-state index is 11.1. The zero-order valence-electron chi connectivity index (χ0n) is 11.8. The molecule has 0 aromatic carbocycles. The standard InChI is InChI=1S/C14H16N4O3/c1-9(2)21-13-11(4-3-5-16-13)17-7-12-10(14(19)20)6-15-8-18-12/h3-6,8-9,17H,7H2,1-2H3,(H,19,20). The van der Waals surface area contributed by atoms with Gasteiger partial charge in [-0.1, -0.05) is 0 Å². The van der Waals surface area contributed by atoms with Crippen LogP contribution in [0.1, 0.15) is 29.9 Å². The SMILES string of the molecule is CC(C)Oc1ncccc1NCc1ncncc1C(=O)O. The number of aromatic carboxylic acids is 1. The van der Waals surface area contributed by atoms with Crippen LogP contribution in [0, 0.1) is 0 Å². The Kier molecular flexibility index (Phi) is 4.65. The second kappa shape index (κ2) is 6.65. The lowest BCUT2D eigenvalue weighted by Gasteiger charge is -2.14. The van der Waals surface area contributed by atoms with Crippen LogP contribution in [0.15, 0.2) is 30.9 Å². The third-order valence-corrected chi connectivity index (χ3v) is 2.59. The minimum absolute atomic E-state index is 0.00548. The van der Waals surface area contributed by atoms with Crippen LogP contribution in [0.5, 0.6) is 5.88 Å². The van der Waals surface area contributed by atoms with Crippen molar-refractivity contribution in [1.82, 2.24) is 15.0 Å². The van der Waals surface area contributed by atoms with Crippen LogP contribution >= 0.6 is 0 Å². The molecule has 110 valence electrons. The predicted molar refractivity (Wildman–Crippen MR) is 76.3 cm³/mol. The summed E-state index contributed by atoms with van der Waals surface area (Å²) in [7, 11) is 0. The number of hydrogen-bond acceptors (Lipinski definition) is 6. The minimum atomic E-state index is -1.06. The summed E-state index contributed by atoms with van der Waals surface area (Å²) in [5.41, 5.74) is 1.15. The maximum atomic E-state index is 11.1. The molecule has 7 nitrogen and oxygen atoms in total. The highest BCUT2D eigenvalue weighted by Crippen LogP contribution is 2.22. The maximum Gasteiger partial charge on any atom is 0.339 e. The Morgan fingerprint density at radius 2 is 2.24 bits per heavy atom. The van der Waals surface area contributed by atoms with Gasteiger partial charge in [0.1, 0.15) is 11.9 Å². The van der Waals surface area contributed by atoms with Crippen molar-refractivity contribution in [1.29, 1.82) is 0 Å². The van der Waals surface area contributed by atoms with Crippen molar-refractivity contribution in [3.8, 4) is 5.88 Å². The lowest BCUT2D eigenvalue weighted by Crippen LogP contribution is -2.12. The number of pyridine rings is 1. The van der Waals surface area contributed by atoms with Crippen molar-refractivity contribution in [3.05, 3.63) is 42.1 Å². The second-order valence-electron chi connectivity index (χ2n) is 4.56. The number of hydrogen-bond donors (Lipinski definition) is 2. The number of carbonyl (C=O) groups is 1. The summed E-state index contributed by atoms with van der Waals surface area (Å²) < 4.78 is 5.59. The van der Waals surface area contributed by atoms with Gasteiger partial charge in [-0.05, 0) is 26.0 Å². The third kappa shape index (κ3) is 3.88. The highest BCUT2D eigenvalue weighted by Gasteiger charge is 2.12. The molecule has 0 saturated heterocycles. The van der Waals surface area contributed by atoms with Gasteiger partial charge in [0.05, 0.1) is 24.0 Å². The molecular weight excluding hydrogens is 272 g/mol. The molecule has 0 atom stereocenters. The molecule has 0 fully saturated rings. The van der Waals surface area contributed by atoms with E-state index in [1.54, 1.807) is 12.3 Å². The Hall–Kier alpha value is -2.70. The number of aromatic nitrogens is 3. The van der Waals surface area contributed by atoms with Gasteiger partial charge < -0.3 is 15.2 Å². The number of carboxylic acid groups (broad SMARTS) is 1. The topological polar surface area (TPSA) is 97.2 Å². The highest BCUT2D eigenvalue weighted by molar-refractivity contribution is 5.88. The molecule has 0 saturated carbocycles. The van der Waals surface area contributed by atoms with Crippen LogP contribution in [0.3, 0.4) is 0 Å². The number of nitrogens with zero attached hydrogens (tertiary/aromatic N) is 3. The lowest BCUT2D eigenvalue weighted by molar-refractivity contribution is 0.0694. The molecule has 0 amide bonds. The summed E-state index contributed by atoms with van der Waals surface area (Å²) in [5, 5.41) is 12.2. The van der Waals surface area contributed by atoms with Crippen LogP contribution in [0.4, 0.5) is 5.69 Å². The zero-order chi connectivity index (χ0) is 15.2. The Labute approximate surface area is 122 Å². The molecule has 0 spiro atoms. The Balaban J connectivity index is 2.15. The van der Waals surface area contributed by atoms with E-state index in [0.29, 0.717) is 17.3 Å². The lowest BCUT2D eigenvalue weighted by atomic mass is 10.2. The molecule has 2 N–H and O–H groups in total. The van der Waals surface area contributed by atoms with Crippen molar-refractivity contribution in [3.63, 3.8) is 0 Å². The van der Waals surface area contributed by atoms with Crippen molar-refractivity contribution >= 4 is 11.7 Å². The van der Waals surface area contributed by atoms with E-state index in [1.165, 1.54) is 12.5 Å². The number of anilines is 1. The van der Waals surface area contributed by atoms with Gasteiger partial charge in [0.15, 0.2) is 0 Å². The number of nitrogens with one attached hydrogen (secondary N) is 1. The fourth-order valence-electron chi connectivity index (χ4n) is 1.70. The monoisotopic (exact) mass is 288 g/mol. The molecule has 2 rings (SSSR count). The van der Waals surface area contributed by atoms with Crippen LogP contribution in [0.2, 0.25) is 0 Å². The molecule has 0 bridgehead atoms. The van der Waals surface area contributed by atoms with Gasteiger partial charge in [0.25, 0.3) is 0 Å². The summed E-state index contributed by atoms with van der Waals surface area (Å²) in [5.74, 6) is -0.587. The molecule has 2 aromatic rings. The Morgan fingerprint density at radius 3 is 2.95 bits per heavy atom. The largest absolute Gasteiger partial charge is 0.478 e. The second-order valence-corrected chi connectivity index (χ2v) is 4.56. The predicted octanol–water partition coefficient (Wildman–Crippen LogP) is 1.97. The van der Waals surface area contributed by atoms with Crippen molar-refractivity contribution in [2.45, 2.75) is 26.5 Å². The average molecular weight is 288 g/mol. The van der Waals surface area contributed by atoms with Crippen molar-refractivity contribution in [2.24, 2.45) is 0 Å². The quantitative estimate of drug-likeness (QED) is 0.838. The van der Waals surface area contributed by atoms with E-state index in [2.05, 4.69) is 20.3 Å². The summed E-state index contributed by atoms with van der Waals surface area (Å²) >= 11 is 0. The van der Waals surface area contributed by atoms with Crippen LogP contribution in [0.25, 0.3) is 0 Å². The van der Waals surface area contributed by atoms with Crippen molar-refractivity contribution in [2.75, 3.05) is 5.32 Å². The van der Waals surface area contributed by atoms with Crippen LogP contribution in [-0.2, 0) is 6.54 Å². The van der Waals surface area contributed by atoms with Crippen molar-refractivity contribution < 1.29 is 14.6 Å². The third-order valence-electron chi connectivity index (χ3n) is 2.59. The first-order valence-corrected chi connectivity index (χ1v) is 6.45. The van der Waals surface area contributed by atoms with E-state index < -0.39 is 5.97 Å². The first-order valence-electron chi connectivity index (χ1n) is 6.45. The number of carboxylic acids is 1. The fourth-order valence-corrected chi connectivity index (χ4v) is 1.70. The molecular formula is C14H16N4O3. The zero-order valence-corrected chi connectivity index (χ0v) is 11.8. The molecule has 0 radical (unpaired) electrons. The molecule has 0 unspecified atom stereocenters. The Bertz CT molecular complexity index is 631. The van der Waals surface area contributed by atoms with Gasteiger partial charge in [-0.25, -0.2) is 19.7 Å². The fraction of sp³-hybridized carbons (Fsp3) is 0.286. The molecule has 7 heteroatoms. The van der Waals surface area contributed by atoms with Gasteiger partial charge in [-0.15, -0.1) is 0 Å². The number of rotatable bonds is 6. The first-order chi connectivity index (χ1) is 10.1. The molecule has 2 heterocycles. The normalized spacial score (nSPS) is 10.4. The van der Waals surface area contributed by atoms with Gasteiger partial charge in [-0.3, -0.25) is 0 Å². The highest BCUT2D eigenvalue weighted by atomic mass is 16.5. The van der Waals surface area contributed by atoms with E-state index >= 15 is 0 Å². The Morgan fingerprint density at radius 1 is 1.43 bits per heavy atom. The smallest absolute Gasteiger partial charge is 0.339 e. The molecule has 2 aromatic heterocycles. The van der Waals surface area contributed by atoms with E-state index in [1.807, 2.05) is 19.9 Å². The summed E-state index contributed by atoms with van der Waals surface area (Å²) in [4.78, 5) is 23.0. The molecule has 21 heavy (non-hydrogen) atoms. The summed E-state index contributed by atoms with van der Waals surface area (Å²) in [6, 6.07) is 3.58. The minimum Gasteiger partial charge on any atom is -0.478 e. The van der Waals surface area contributed by atoms with Crippen LogP contribution in [-0.4, -0.2) is 32.1 Å². The number of ether oxygens (including phenoxy) is 1. The van der Waals surface area contributed by atoms with E-state index in [0.717, 1.165) is 0 Å². The summed E-state index contributed by atoms with van der Waals surface area (Å²) in [6.45, 7) is 4.06. The molecule has 0 aliphatic carbocycles. The molecule has 0 aliphatic heterocycles. The van der Waals surface area contributed by atoms with Gasteiger partial charge in [-0.2, -0.15) is 0 Å². The first kappa shape index (κ1) is 14.7. The van der Waals surface area contributed by atoms with E-state index in [4.69, 9.17) is 9.84 Å².